The zero-order valence-electron chi connectivity index (χ0n) is 17.4. The van der Waals surface area contributed by atoms with E-state index in [4.69, 9.17) is 0 Å². The number of alkyl halides is 3. The lowest BCUT2D eigenvalue weighted by Crippen LogP contribution is -2.16. The molecular weight excluding hydrogens is 391 g/mol. The lowest BCUT2D eigenvalue weighted by atomic mass is 10.0. The van der Waals surface area contributed by atoms with E-state index in [0.29, 0.717) is 0 Å². The number of halogens is 3. The number of carbonyl (C=O) groups excluding carboxylic acids is 1. The summed E-state index contributed by atoms with van der Waals surface area (Å²) in [5.74, 6) is -0.376. The standard InChI is InChI=1S/C24H26F3NO2/c1-16(13-23(29)30-3)19-11-9-18(10-12-19)8-7-17(2)28-15-22(28)20-5-4-6-21(14-20)24(25,26)27/h4-6,9-14,17,22H,7-8,15H2,1-3H3/b16-13+/t17-,22?,28?/m1/s1. The van der Waals surface area contributed by atoms with Crippen LogP contribution in [0.15, 0.2) is 54.6 Å². The predicted octanol–water partition coefficient (Wildman–Crippen LogP) is 5.66. The minimum Gasteiger partial charge on any atom is -0.466 e. The SMILES string of the molecule is COC(=O)/C=C(\C)c1ccc(CC[C@@H](C)N2CC2c2cccc(C(F)(F)F)c2)cc1. The Kier molecular flexibility index (Phi) is 6.66. The molecular formula is C24H26F3NO2. The maximum absolute atomic E-state index is 12.9. The van der Waals surface area contributed by atoms with Crippen molar-refractivity contribution in [2.75, 3.05) is 13.7 Å². The molecule has 1 aliphatic rings. The molecule has 0 saturated carbocycles. The third kappa shape index (κ3) is 5.51. The minimum atomic E-state index is -4.31. The molecule has 0 radical (unpaired) electrons. The quantitative estimate of drug-likeness (QED) is 0.331. The Hall–Kier alpha value is -2.60. The Morgan fingerprint density at radius 3 is 2.57 bits per heavy atom. The summed E-state index contributed by atoms with van der Waals surface area (Å²) in [6.45, 7) is 4.77. The first-order valence-corrected chi connectivity index (χ1v) is 9.97. The van der Waals surface area contributed by atoms with E-state index in [1.807, 2.05) is 31.2 Å². The van der Waals surface area contributed by atoms with Crippen LogP contribution >= 0.6 is 0 Å². The smallest absolute Gasteiger partial charge is 0.416 e. The van der Waals surface area contributed by atoms with Crippen molar-refractivity contribution in [3.63, 3.8) is 0 Å². The Morgan fingerprint density at radius 1 is 1.23 bits per heavy atom. The van der Waals surface area contributed by atoms with Gasteiger partial charge in [0.1, 0.15) is 0 Å². The molecule has 3 nitrogen and oxygen atoms in total. The Morgan fingerprint density at radius 2 is 1.93 bits per heavy atom. The summed E-state index contributed by atoms with van der Waals surface area (Å²) in [6, 6.07) is 14.0. The van der Waals surface area contributed by atoms with Gasteiger partial charge >= 0.3 is 12.1 Å². The van der Waals surface area contributed by atoms with Crippen LogP contribution in [-0.4, -0.2) is 30.6 Å². The molecule has 1 fully saturated rings. The topological polar surface area (TPSA) is 29.3 Å². The molecule has 0 bridgehead atoms. The van der Waals surface area contributed by atoms with Crippen molar-refractivity contribution in [1.82, 2.24) is 4.90 Å². The monoisotopic (exact) mass is 417 g/mol. The fourth-order valence-corrected chi connectivity index (χ4v) is 3.65. The molecule has 6 heteroatoms. The first kappa shape index (κ1) is 22.1. The summed E-state index contributed by atoms with van der Waals surface area (Å²) >= 11 is 0. The van der Waals surface area contributed by atoms with Crippen LogP contribution < -0.4 is 0 Å². The van der Waals surface area contributed by atoms with Gasteiger partial charge in [-0.25, -0.2) is 4.79 Å². The summed E-state index contributed by atoms with van der Waals surface area (Å²) in [4.78, 5) is 13.6. The van der Waals surface area contributed by atoms with E-state index in [1.165, 1.54) is 30.9 Å². The van der Waals surface area contributed by atoms with E-state index >= 15 is 0 Å². The van der Waals surface area contributed by atoms with Crippen LogP contribution in [0.25, 0.3) is 5.57 Å². The first-order chi connectivity index (χ1) is 14.2. The summed E-state index contributed by atoms with van der Waals surface area (Å²) in [5.41, 5.74) is 3.14. The highest BCUT2D eigenvalue weighted by Crippen LogP contribution is 2.40. The molecule has 1 aliphatic heterocycles. The van der Waals surface area contributed by atoms with Crippen molar-refractivity contribution < 1.29 is 22.7 Å². The second-order valence-corrected chi connectivity index (χ2v) is 7.77. The average Bonchev–Trinajstić information content (AvgIpc) is 3.53. The molecule has 0 aliphatic carbocycles. The first-order valence-electron chi connectivity index (χ1n) is 9.97. The van der Waals surface area contributed by atoms with Gasteiger partial charge in [-0.15, -0.1) is 0 Å². The largest absolute Gasteiger partial charge is 0.466 e. The van der Waals surface area contributed by atoms with Crippen molar-refractivity contribution >= 4 is 11.5 Å². The molecule has 3 atom stereocenters. The lowest BCUT2D eigenvalue weighted by Gasteiger charge is -2.15. The number of methoxy groups -OCH3 is 1. The molecule has 30 heavy (non-hydrogen) atoms. The zero-order chi connectivity index (χ0) is 21.9. The number of nitrogens with zero attached hydrogens (tertiary/aromatic N) is 1. The number of esters is 1. The van der Waals surface area contributed by atoms with Crippen molar-refractivity contribution in [3.05, 3.63) is 76.9 Å². The van der Waals surface area contributed by atoms with Crippen LogP contribution in [0.3, 0.4) is 0 Å². The van der Waals surface area contributed by atoms with Gasteiger partial charge in [0.15, 0.2) is 0 Å². The Labute approximate surface area is 175 Å². The highest BCUT2D eigenvalue weighted by Gasteiger charge is 2.40. The normalized spacial score (nSPS) is 20.0. The Balaban J connectivity index is 1.54. The average molecular weight is 417 g/mol. The van der Waals surface area contributed by atoms with Gasteiger partial charge in [0.05, 0.1) is 12.7 Å². The van der Waals surface area contributed by atoms with Crippen LogP contribution in [0.5, 0.6) is 0 Å². The van der Waals surface area contributed by atoms with Gasteiger partial charge in [-0.2, -0.15) is 13.2 Å². The van der Waals surface area contributed by atoms with Crippen LogP contribution in [0.4, 0.5) is 13.2 Å². The molecule has 160 valence electrons. The van der Waals surface area contributed by atoms with Crippen molar-refractivity contribution in [2.45, 2.75) is 44.9 Å². The van der Waals surface area contributed by atoms with E-state index in [0.717, 1.165) is 42.2 Å². The summed E-state index contributed by atoms with van der Waals surface area (Å²) in [7, 11) is 1.35. The summed E-state index contributed by atoms with van der Waals surface area (Å²) in [6.07, 6.45) is -1.04. The lowest BCUT2D eigenvalue weighted by molar-refractivity contribution is -0.137. The molecule has 3 rings (SSSR count). The molecule has 1 saturated heterocycles. The molecule has 1 heterocycles. The van der Waals surface area contributed by atoms with Gasteiger partial charge in [-0.1, -0.05) is 36.4 Å². The number of ether oxygens (including phenoxy) is 1. The predicted molar refractivity (Wildman–Crippen MR) is 111 cm³/mol. The summed E-state index contributed by atoms with van der Waals surface area (Å²) < 4.78 is 43.5. The zero-order valence-corrected chi connectivity index (χ0v) is 17.4. The number of hydrogen-bond donors (Lipinski definition) is 0. The number of hydrogen-bond acceptors (Lipinski definition) is 3. The maximum Gasteiger partial charge on any atom is 0.416 e. The van der Waals surface area contributed by atoms with E-state index < -0.39 is 11.7 Å². The number of benzene rings is 2. The highest BCUT2D eigenvalue weighted by atomic mass is 19.4. The number of aryl methyl sites for hydroxylation is 1. The number of rotatable bonds is 7. The van der Waals surface area contributed by atoms with E-state index in [2.05, 4.69) is 16.6 Å². The third-order valence-electron chi connectivity index (χ3n) is 5.61. The molecule has 0 amide bonds. The van der Waals surface area contributed by atoms with Gasteiger partial charge < -0.3 is 4.74 Å². The number of carbonyl (C=O) groups is 1. The van der Waals surface area contributed by atoms with Crippen molar-refractivity contribution in [3.8, 4) is 0 Å². The summed E-state index contributed by atoms with van der Waals surface area (Å²) in [5, 5.41) is 0. The van der Waals surface area contributed by atoms with Crippen LogP contribution in [0.1, 0.15) is 48.6 Å². The second kappa shape index (κ2) is 9.04. The van der Waals surface area contributed by atoms with E-state index in [-0.39, 0.29) is 18.1 Å². The van der Waals surface area contributed by atoms with Gasteiger partial charge in [-0.05, 0) is 61.1 Å². The van der Waals surface area contributed by atoms with E-state index in [9.17, 15) is 18.0 Å². The number of allylic oxidation sites excluding steroid dienone is 1. The van der Waals surface area contributed by atoms with Crippen molar-refractivity contribution in [1.29, 1.82) is 0 Å². The molecule has 2 aromatic carbocycles. The highest BCUT2D eigenvalue weighted by molar-refractivity contribution is 5.90. The molecule has 0 spiro atoms. The second-order valence-electron chi connectivity index (χ2n) is 7.77. The van der Waals surface area contributed by atoms with E-state index in [1.54, 1.807) is 6.07 Å². The third-order valence-corrected chi connectivity index (χ3v) is 5.61. The maximum atomic E-state index is 12.9. The van der Waals surface area contributed by atoms with Crippen LogP contribution in [-0.2, 0) is 22.1 Å². The van der Waals surface area contributed by atoms with Gasteiger partial charge in [0, 0.05) is 24.7 Å². The van der Waals surface area contributed by atoms with Gasteiger partial charge in [0.2, 0.25) is 0 Å². The fraction of sp³-hybridized carbons (Fsp3) is 0.375. The molecule has 0 aromatic heterocycles. The van der Waals surface area contributed by atoms with Gasteiger partial charge in [-0.3, -0.25) is 4.90 Å². The molecule has 2 unspecified atom stereocenters. The molecule has 0 N–H and O–H groups in total. The van der Waals surface area contributed by atoms with Crippen LogP contribution in [0.2, 0.25) is 0 Å². The van der Waals surface area contributed by atoms with Crippen molar-refractivity contribution in [2.24, 2.45) is 0 Å². The van der Waals surface area contributed by atoms with Crippen LogP contribution in [0, 0.1) is 0 Å². The van der Waals surface area contributed by atoms with Gasteiger partial charge in [0.25, 0.3) is 0 Å². The Bertz CT molecular complexity index is 919. The minimum absolute atomic E-state index is 0.0655. The fourth-order valence-electron chi connectivity index (χ4n) is 3.65. The molecule has 2 aromatic rings.